The van der Waals surface area contributed by atoms with Crippen molar-refractivity contribution in [3.05, 3.63) is 89.9 Å². The Morgan fingerprint density at radius 3 is 2.43 bits per heavy atom. The van der Waals surface area contributed by atoms with E-state index in [9.17, 15) is 9.59 Å². The monoisotopic (exact) mass is 464 g/mol. The first-order chi connectivity index (χ1) is 17.0. The summed E-state index contributed by atoms with van der Waals surface area (Å²) in [6.45, 7) is 1.92. The Morgan fingerprint density at radius 1 is 0.857 bits per heavy atom. The Kier molecular flexibility index (Phi) is 6.01. The van der Waals surface area contributed by atoms with Crippen molar-refractivity contribution in [1.82, 2.24) is 25.3 Å². The van der Waals surface area contributed by atoms with Crippen LogP contribution in [0.4, 0.5) is 5.69 Å². The summed E-state index contributed by atoms with van der Waals surface area (Å²) >= 11 is 0. The van der Waals surface area contributed by atoms with Crippen LogP contribution >= 0.6 is 0 Å². The number of hydrogen-bond donors (Lipinski definition) is 2. The lowest BCUT2D eigenvalue weighted by molar-refractivity contribution is 0.0957. The summed E-state index contributed by atoms with van der Waals surface area (Å²) in [5, 5.41) is 5.54. The number of amides is 2. The number of carbonyl (C=O) groups is 2. The predicted molar refractivity (Wildman–Crippen MR) is 133 cm³/mol. The first-order valence-electron chi connectivity index (χ1n) is 11.4. The molecule has 0 unspecified atom stereocenters. The minimum absolute atomic E-state index is 0.195. The van der Waals surface area contributed by atoms with E-state index in [1.54, 1.807) is 44.0 Å². The molecule has 1 aliphatic carbocycles. The molecule has 5 rings (SSSR count). The summed E-state index contributed by atoms with van der Waals surface area (Å²) in [5.41, 5.74) is 6.55. The smallest absolute Gasteiger partial charge is 0.269 e. The molecule has 0 radical (unpaired) electrons. The van der Waals surface area contributed by atoms with E-state index in [4.69, 9.17) is 0 Å². The second kappa shape index (κ2) is 9.42. The molecule has 174 valence electrons. The number of anilines is 1. The molecule has 0 saturated heterocycles. The van der Waals surface area contributed by atoms with Gasteiger partial charge in [0.25, 0.3) is 11.8 Å². The highest BCUT2D eigenvalue weighted by molar-refractivity contribution is 6.04. The van der Waals surface area contributed by atoms with E-state index in [2.05, 4.69) is 30.6 Å². The third-order valence-corrected chi connectivity index (χ3v) is 5.97. The standard InChI is InChI=1S/C27H24N6O2/c1-16-22(18-5-8-30-24(11-18)19-6-9-31-25(12-19)27(35)28-2)14-21(15-32-16)33-26(34)20-7-10-29-23(13-20)17-3-4-17/h5-15,17H,3-4H2,1-2H3,(H,28,35)(H,33,34). The molecule has 0 atom stereocenters. The van der Waals surface area contributed by atoms with Crippen molar-refractivity contribution in [2.45, 2.75) is 25.7 Å². The lowest BCUT2D eigenvalue weighted by atomic mass is 10.0. The van der Waals surface area contributed by atoms with Crippen LogP contribution in [0.1, 0.15) is 51.0 Å². The molecule has 4 aromatic rings. The lowest BCUT2D eigenvalue weighted by Crippen LogP contribution is -2.19. The maximum atomic E-state index is 12.9. The van der Waals surface area contributed by atoms with Gasteiger partial charge in [0.05, 0.1) is 17.6 Å². The fraction of sp³-hybridized carbons (Fsp3) is 0.185. The highest BCUT2D eigenvalue weighted by Crippen LogP contribution is 2.39. The minimum Gasteiger partial charge on any atom is -0.354 e. The number of aromatic nitrogens is 4. The van der Waals surface area contributed by atoms with Gasteiger partial charge in [0.1, 0.15) is 5.69 Å². The number of nitrogens with one attached hydrogen (secondary N) is 2. The van der Waals surface area contributed by atoms with Gasteiger partial charge < -0.3 is 10.6 Å². The second-order valence-corrected chi connectivity index (χ2v) is 8.49. The molecular weight excluding hydrogens is 440 g/mol. The van der Waals surface area contributed by atoms with Gasteiger partial charge >= 0.3 is 0 Å². The Balaban J connectivity index is 1.42. The van der Waals surface area contributed by atoms with Gasteiger partial charge in [-0.05, 0) is 67.8 Å². The van der Waals surface area contributed by atoms with Crippen molar-refractivity contribution >= 4 is 17.5 Å². The van der Waals surface area contributed by atoms with Crippen LogP contribution in [0.3, 0.4) is 0 Å². The third kappa shape index (κ3) is 4.91. The van der Waals surface area contributed by atoms with Crippen LogP contribution in [0.15, 0.2) is 67.3 Å². The fourth-order valence-corrected chi connectivity index (χ4v) is 3.89. The van der Waals surface area contributed by atoms with Crippen molar-refractivity contribution < 1.29 is 9.59 Å². The maximum Gasteiger partial charge on any atom is 0.269 e. The SMILES string of the molecule is CNC(=O)c1cc(-c2cc(-c3cc(NC(=O)c4ccnc(C5CC5)c4)cnc3C)ccn2)ccn1. The average Bonchev–Trinajstić information content (AvgIpc) is 3.75. The Morgan fingerprint density at radius 2 is 1.63 bits per heavy atom. The quantitative estimate of drug-likeness (QED) is 0.438. The van der Waals surface area contributed by atoms with Crippen LogP contribution in [0, 0.1) is 6.92 Å². The predicted octanol–water partition coefficient (Wildman–Crippen LogP) is 4.40. The van der Waals surface area contributed by atoms with Crippen LogP contribution in [0.2, 0.25) is 0 Å². The van der Waals surface area contributed by atoms with Crippen LogP contribution in [0.5, 0.6) is 0 Å². The first-order valence-corrected chi connectivity index (χ1v) is 11.4. The third-order valence-electron chi connectivity index (χ3n) is 5.97. The highest BCUT2D eigenvalue weighted by Gasteiger charge is 2.25. The van der Waals surface area contributed by atoms with Crippen molar-refractivity contribution in [1.29, 1.82) is 0 Å². The molecule has 0 bridgehead atoms. The van der Waals surface area contributed by atoms with Crippen LogP contribution in [-0.4, -0.2) is 38.8 Å². The molecule has 4 aromatic heterocycles. The van der Waals surface area contributed by atoms with E-state index in [0.29, 0.717) is 28.6 Å². The maximum absolute atomic E-state index is 12.9. The summed E-state index contributed by atoms with van der Waals surface area (Å²) < 4.78 is 0. The Bertz CT molecular complexity index is 1430. The van der Waals surface area contributed by atoms with Crippen molar-refractivity contribution in [2.75, 3.05) is 12.4 Å². The van der Waals surface area contributed by atoms with E-state index in [-0.39, 0.29) is 11.8 Å². The largest absolute Gasteiger partial charge is 0.354 e. The lowest BCUT2D eigenvalue weighted by Gasteiger charge is -2.11. The van der Waals surface area contributed by atoms with Crippen molar-refractivity contribution in [2.24, 2.45) is 0 Å². The average molecular weight is 465 g/mol. The van der Waals surface area contributed by atoms with Gasteiger partial charge in [-0.25, -0.2) is 0 Å². The van der Waals surface area contributed by atoms with Crippen molar-refractivity contribution in [3.8, 4) is 22.4 Å². The molecule has 35 heavy (non-hydrogen) atoms. The highest BCUT2D eigenvalue weighted by atomic mass is 16.2. The van der Waals surface area contributed by atoms with Crippen molar-refractivity contribution in [3.63, 3.8) is 0 Å². The summed E-state index contributed by atoms with van der Waals surface area (Å²) in [4.78, 5) is 42.3. The molecule has 1 saturated carbocycles. The zero-order valence-corrected chi connectivity index (χ0v) is 19.4. The van der Waals surface area contributed by atoms with Gasteiger partial charge in [0.2, 0.25) is 0 Å². The topological polar surface area (TPSA) is 110 Å². The number of rotatable bonds is 6. The molecule has 1 aliphatic rings. The molecule has 0 aromatic carbocycles. The first kappa shape index (κ1) is 22.3. The van der Waals surface area contributed by atoms with Crippen LogP contribution in [0.25, 0.3) is 22.4 Å². The van der Waals surface area contributed by atoms with Gasteiger partial charge in [-0.1, -0.05) is 0 Å². The van der Waals surface area contributed by atoms with Gasteiger partial charge in [0, 0.05) is 59.6 Å². The summed E-state index contributed by atoms with van der Waals surface area (Å²) in [7, 11) is 1.57. The molecule has 0 aliphatic heterocycles. The Labute approximate surface area is 202 Å². The number of hydrogen-bond acceptors (Lipinski definition) is 6. The van der Waals surface area contributed by atoms with Gasteiger partial charge in [0.15, 0.2) is 0 Å². The minimum atomic E-state index is -0.259. The number of aryl methyl sites for hydroxylation is 1. The van der Waals surface area contributed by atoms with E-state index in [0.717, 1.165) is 40.9 Å². The zero-order chi connectivity index (χ0) is 24.4. The zero-order valence-electron chi connectivity index (χ0n) is 19.4. The van der Waals surface area contributed by atoms with E-state index in [1.165, 1.54) is 0 Å². The van der Waals surface area contributed by atoms with Gasteiger partial charge in [-0.3, -0.25) is 29.5 Å². The van der Waals surface area contributed by atoms with E-state index < -0.39 is 0 Å². The fourth-order valence-electron chi connectivity index (χ4n) is 3.89. The molecular formula is C27H24N6O2. The Hall–Kier alpha value is -4.46. The molecule has 8 heteroatoms. The summed E-state index contributed by atoms with van der Waals surface area (Å²) in [5.74, 6) is 0.0221. The molecule has 2 N–H and O–H groups in total. The second-order valence-electron chi connectivity index (χ2n) is 8.49. The molecule has 4 heterocycles. The van der Waals surface area contributed by atoms with E-state index >= 15 is 0 Å². The molecule has 8 nitrogen and oxygen atoms in total. The van der Waals surface area contributed by atoms with Crippen LogP contribution in [-0.2, 0) is 0 Å². The summed E-state index contributed by atoms with van der Waals surface area (Å²) in [6, 6.07) is 12.8. The van der Waals surface area contributed by atoms with Crippen LogP contribution < -0.4 is 10.6 Å². The molecule has 2 amide bonds. The van der Waals surface area contributed by atoms with Gasteiger partial charge in [-0.2, -0.15) is 0 Å². The molecule has 1 fully saturated rings. The normalized spacial score (nSPS) is 12.7. The number of pyridine rings is 4. The molecule has 0 spiro atoms. The number of nitrogens with zero attached hydrogens (tertiary/aromatic N) is 4. The number of carbonyl (C=O) groups excluding carboxylic acids is 2. The van der Waals surface area contributed by atoms with Gasteiger partial charge in [-0.15, -0.1) is 0 Å². The van der Waals surface area contributed by atoms with E-state index in [1.807, 2.05) is 37.3 Å². The summed E-state index contributed by atoms with van der Waals surface area (Å²) in [6.07, 6.45) is 8.90.